The smallest absolute Gasteiger partial charge is 0.00941 e. The Kier molecular flexibility index (Phi) is 3.93. The van der Waals surface area contributed by atoms with Crippen LogP contribution in [0, 0.1) is 0 Å². The van der Waals surface area contributed by atoms with Gasteiger partial charge in [0.2, 0.25) is 0 Å². The van der Waals surface area contributed by atoms with Crippen LogP contribution in [0.2, 0.25) is 0 Å². The van der Waals surface area contributed by atoms with Gasteiger partial charge in [-0.1, -0.05) is 79.4 Å². The predicted molar refractivity (Wildman–Crippen MR) is 75.6 cm³/mol. The number of benzene rings is 2. The molecule has 0 heterocycles. The highest BCUT2D eigenvalue weighted by Crippen LogP contribution is 2.16. The molecule has 0 nitrogen and oxygen atoms in total. The third-order valence-electron chi connectivity index (χ3n) is 2.66. The Balaban J connectivity index is 1.95. The van der Waals surface area contributed by atoms with Crippen LogP contribution in [-0.4, -0.2) is 0 Å². The Morgan fingerprint density at radius 1 is 0.882 bits per heavy atom. The molecule has 2 aromatic carbocycles. The van der Waals surface area contributed by atoms with Crippen molar-refractivity contribution >= 4 is 11.6 Å². The quantitative estimate of drug-likeness (QED) is 0.694. The lowest BCUT2D eigenvalue weighted by molar-refractivity contribution is 1.41. The Bertz CT molecular complexity index is 492. The minimum absolute atomic E-state index is 0.888. The van der Waals surface area contributed by atoms with Gasteiger partial charge in [-0.15, -0.1) is 0 Å². The molecule has 84 valence electrons. The largest absolute Gasteiger partial charge is 0.0949 e. The minimum atomic E-state index is 0.888. The van der Waals surface area contributed by atoms with E-state index in [0.717, 1.165) is 12.0 Å². The summed E-state index contributed by atoms with van der Waals surface area (Å²) in [5.41, 5.74) is 3.59. The van der Waals surface area contributed by atoms with Crippen molar-refractivity contribution in [3.05, 3.63) is 84.4 Å². The van der Waals surface area contributed by atoms with Crippen LogP contribution < -0.4 is 0 Å². The van der Waals surface area contributed by atoms with Crippen LogP contribution >= 0.6 is 0 Å². The first-order valence-electron chi connectivity index (χ1n) is 5.81. The van der Waals surface area contributed by atoms with Crippen molar-refractivity contribution in [3.8, 4) is 0 Å². The van der Waals surface area contributed by atoms with E-state index in [1.54, 1.807) is 0 Å². The highest BCUT2D eigenvalue weighted by atomic mass is 14.0. The zero-order chi connectivity index (χ0) is 11.9. The molecule has 0 aliphatic rings. The summed E-state index contributed by atoms with van der Waals surface area (Å²) in [5.74, 6) is 0. The fourth-order valence-corrected chi connectivity index (χ4v) is 1.69. The van der Waals surface area contributed by atoms with Gasteiger partial charge in [-0.05, 0) is 23.1 Å². The molecule has 0 aliphatic heterocycles. The molecule has 0 atom stereocenters. The molecule has 2 aromatic rings. The van der Waals surface area contributed by atoms with E-state index in [4.69, 9.17) is 0 Å². The van der Waals surface area contributed by atoms with E-state index in [1.807, 2.05) is 36.4 Å². The van der Waals surface area contributed by atoms with Crippen LogP contribution in [-0.2, 0) is 0 Å². The van der Waals surface area contributed by atoms with E-state index in [2.05, 4.69) is 43.0 Å². The van der Waals surface area contributed by atoms with Crippen molar-refractivity contribution in [1.29, 1.82) is 0 Å². The maximum atomic E-state index is 4.10. The van der Waals surface area contributed by atoms with Crippen LogP contribution in [0.4, 0.5) is 0 Å². The van der Waals surface area contributed by atoms with Gasteiger partial charge < -0.3 is 0 Å². The highest BCUT2D eigenvalue weighted by molar-refractivity contribution is 5.65. The normalized spacial score (nSPS) is 10.6. The topological polar surface area (TPSA) is 0 Å². The molecule has 0 fully saturated rings. The number of rotatable bonds is 4. The predicted octanol–water partition coefficient (Wildman–Crippen LogP) is 4.80. The van der Waals surface area contributed by atoms with Crippen LogP contribution in [0.3, 0.4) is 0 Å². The summed E-state index contributed by atoms with van der Waals surface area (Å²) in [6, 6.07) is 20.6. The van der Waals surface area contributed by atoms with Gasteiger partial charge in [0.05, 0.1) is 0 Å². The van der Waals surface area contributed by atoms with Gasteiger partial charge in [0.25, 0.3) is 0 Å². The first kappa shape index (κ1) is 11.4. The van der Waals surface area contributed by atoms with Crippen LogP contribution in [0.25, 0.3) is 11.6 Å². The summed E-state index contributed by atoms with van der Waals surface area (Å²) >= 11 is 0. The summed E-state index contributed by atoms with van der Waals surface area (Å²) < 4.78 is 0. The van der Waals surface area contributed by atoms with E-state index in [9.17, 15) is 0 Å². The van der Waals surface area contributed by atoms with Gasteiger partial charge in [-0.2, -0.15) is 0 Å². The molecule has 0 radical (unpaired) electrons. The van der Waals surface area contributed by atoms with Crippen LogP contribution in [0.5, 0.6) is 0 Å². The Hall–Kier alpha value is -2.08. The Morgan fingerprint density at radius 3 is 2.12 bits per heavy atom. The van der Waals surface area contributed by atoms with Gasteiger partial charge in [0, 0.05) is 0 Å². The first-order chi connectivity index (χ1) is 8.36. The SMILES string of the molecule is C=C(C/C=C\c1ccccc1)c1ccccc1. The monoisotopic (exact) mass is 220 g/mol. The third kappa shape index (κ3) is 3.46. The number of allylic oxidation sites excluding steroid dienone is 2. The van der Waals surface area contributed by atoms with E-state index < -0.39 is 0 Å². The fraction of sp³-hybridized carbons (Fsp3) is 0.0588. The molecule has 0 amide bonds. The van der Waals surface area contributed by atoms with Gasteiger partial charge in [-0.3, -0.25) is 0 Å². The van der Waals surface area contributed by atoms with Crippen molar-refractivity contribution in [2.45, 2.75) is 6.42 Å². The Morgan fingerprint density at radius 2 is 1.47 bits per heavy atom. The minimum Gasteiger partial charge on any atom is -0.0949 e. The number of hydrogen-bond acceptors (Lipinski definition) is 0. The molecule has 0 saturated heterocycles. The standard InChI is InChI=1S/C17H16/c1-15(17-13-6-3-7-14-17)9-8-12-16-10-4-2-5-11-16/h2-8,10-14H,1,9H2/b12-8-. The van der Waals surface area contributed by atoms with Crippen molar-refractivity contribution in [1.82, 2.24) is 0 Å². The van der Waals surface area contributed by atoms with Crippen LogP contribution in [0.15, 0.2) is 73.3 Å². The molecular weight excluding hydrogens is 204 g/mol. The van der Waals surface area contributed by atoms with Gasteiger partial charge >= 0.3 is 0 Å². The highest BCUT2D eigenvalue weighted by Gasteiger charge is 1.94. The lowest BCUT2D eigenvalue weighted by Crippen LogP contribution is -1.79. The number of hydrogen-bond donors (Lipinski definition) is 0. The maximum absolute atomic E-state index is 4.10. The van der Waals surface area contributed by atoms with Crippen LogP contribution in [0.1, 0.15) is 17.5 Å². The second-order valence-corrected chi connectivity index (χ2v) is 3.99. The second-order valence-electron chi connectivity index (χ2n) is 3.99. The molecule has 0 heteroatoms. The summed E-state index contributed by atoms with van der Waals surface area (Å²) in [6.45, 7) is 4.10. The molecule has 0 aliphatic carbocycles. The molecule has 0 unspecified atom stereocenters. The van der Waals surface area contributed by atoms with Gasteiger partial charge in [0.1, 0.15) is 0 Å². The lowest BCUT2D eigenvalue weighted by Gasteiger charge is -2.01. The molecule has 0 bridgehead atoms. The molecule has 17 heavy (non-hydrogen) atoms. The van der Waals surface area contributed by atoms with E-state index in [0.29, 0.717) is 0 Å². The third-order valence-corrected chi connectivity index (χ3v) is 2.66. The van der Waals surface area contributed by atoms with Crippen molar-refractivity contribution in [2.75, 3.05) is 0 Å². The summed E-state index contributed by atoms with van der Waals surface area (Å²) in [7, 11) is 0. The van der Waals surface area contributed by atoms with Crippen molar-refractivity contribution < 1.29 is 0 Å². The van der Waals surface area contributed by atoms with E-state index >= 15 is 0 Å². The zero-order valence-electron chi connectivity index (χ0n) is 9.84. The zero-order valence-corrected chi connectivity index (χ0v) is 9.84. The molecule has 0 spiro atoms. The second kappa shape index (κ2) is 5.86. The molecule has 0 aromatic heterocycles. The molecule has 2 rings (SSSR count). The van der Waals surface area contributed by atoms with Crippen molar-refractivity contribution in [3.63, 3.8) is 0 Å². The lowest BCUT2D eigenvalue weighted by atomic mass is 10.0. The molecule has 0 saturated carbocycles. The van der Waals surface area contributed by atoms with E-state index in [1.165, 1.54) is 11.1 Å². The maximum Gasteiger partial charge on any atom is -0.00941 e. The average Bonchev–Trinajstić information content (AvgIpc) is 2.41. The van der Waals surface area contributed by atoms with Gasteiger partial charge in [-0.25, -0.2) is 0 Å². The summed E-state index contributed by atoms with van der Waals surface area (Å²) in [6.07, 6.45) is 5.18. The molecule has 0 N–H and O–H groups in total. The summed E-state index contributed by atoms with van der Waals surface area (Å²) in [4.78, 5) is 0. The molecular formula is C17H16. The fourth-order valence-electron chi connectivity index (χ4n) is 1.69. The van der Waals surface area contributed by atoms with E-state index in [-0.39, 0.29) is 0 Å². The van der Waals surface area contributed by atoms with Crippen molar-refractivity contribution in [2.24, 2.45) is 0 Å². The Labute approximate surface area is 103 Å². The first-order valence-corrected chi connectivity index (χ1v) is 5.81. The van der Waals surface area contributed by atoms with Gasteiger partial charge in [0.15, 0.2) is 0 Å². The average molecular weight is 220 g/mol. The summed E-state index contributed by atoms with van der Waals surface area (Å²) in [5, 5.41) is 0.